The largest absolute Gasteiger partial charge is 0.468 e. The normalized spacial score (nSPS) is 10.9. The van der Waals surface area contributed by atoms with Crippen LogP contribution in [0.25, 0.3) is 0 Å². The summed E-state index contributed by atoms with van der Waals surface area (Å²) < 4.78 is 4.60. The number of esters is 1. The molecule has 0 spiro atoms. The van der Waals surface area contributed by atoms with Crippen molar-refractivity contribution in [2.24, 2.45) is 5.41 Å². The molecule has 3 nitrogen and oxygen atoms in total. The van der Waals surface area contributed by atoms with E-state index in [0.717, 1.165) is 0 Å². The zero-order valence-corrected chi connectivity index (χ0v) is 9.11. The highest BCUT2D eigenvalue weighted by atomic mass is 16.5. The minimum absolute atomic E-state index is 0.227. The van der Waals surface area contributed by atoms with E-state index >= 15 is 0 Å². The molecule has 0 atom stereocenters. The second kappa shape index (κ2) is 4.26. The van der Waals surface area contributed by atoms with Crippen LogP contribution in [-0.2, 0) is 9.53 Å². The summed E-state index contributed by atoms with van der Waals surface area (Å²) in [5.41, 5.74) is -0.608. The number of ketones is 1. The van der Waals surface area contributed by atoms with Gasteiger partial charge in [-0.3, -0.25) is 9.59 Å². The Morgan fingerprint density at radius 2 is 1.67 bits per heavy atom. The van der Waals surface area contributed by atoms with Gasteiger partial charge in [0.15, 0.2) is 5.78 Å². The van der Waals surface area contributed by atoms with Gasteiger partial charge < -0.3 is 4.74 Å². The first kappa shape index (κ1) is 11.4. The van der Waals surface area contributed by atoms with Gasteiger partial charge in [-0.05, 0) is 13.8 Å². The predicted octanol–water partition coefficient (Wildman–Crippen LogP) is 2.07. The van der Waals surface area contributed by atoms with Crippen molar-refractivity contribution in [2.75, 3.05) is 7.11 Å². The third kappa shape index (κ3) is 2.24. The van der Waals surface area contributed by atoms with E-state index in [1.807, 2.05) is 6.07 Å². The number of ether oxygens (including phenoxy) is 1. The second-order valence-corrected chi connectivity index (χ2v) is 3.81. The Morgan fingerprint density at radius 1 is 1.13 bits per heavy atom. The van der Waals surface area contributed by atoms with Crippen molar-refractivity contribution in [3.63, 3.8) is 0 Å². The van der Waals surface area contributed by atoms with Crippen LogP contribution in [0, 0.1) is 5.41 Å². The first-order valence-electron chi connectivity index (χ1n) is 4.68. The Kier molecular flexibility index (Phi) is 3.24. The minimum atomic E-state index is -1.13. The predicted molar refractivity (Wildman–Crippen MR) is 56.6 cm³/mol. The highest BCUT2D eigenvalue weighted by molar-refractivity contribution is 6.11. The lowest BCUT2D eigenvalue weighted by Gasteiger charge is -2.19. The Bertz CT molecular complexity index is 366. The van der Waals surface area contributed by atoms with E-state index in [4.69, 9.17) is 0 Å². The van der Waals surface area contributed by atoms with Crippen LogP contribution >= 0.6 is 0 Å². The summed E-state index contributed by atoms with van der Waals surface area (Å²) in [5, 5.41) is 0. The van der Waals surface area contributed by atoms with Gasteiger partial charge in [0.2, 0.25) is 0 Å². The molecule has 0 fully saturated rings. The van der Waals surface area contributed by atoms with Gasteiger partial charge in [-0.25, -0.2) is 0 Å². The third-order valence-corrected chi connectivity index (χ3v) is 2.30. The maximum atomic E-state index is 12.0. The van der Waals surface area contributed by atoms with Gasteiger partial charge in [-0.2, -0.15) is 0 Å². The molecule has 0 aromatic heterocycles. The molecule has 0 bridgehead atoms. The van der Waals surface area contributed by atoms with Crippen molar-refractivity contribution in [1.29, 1.82) is 0 Å². The lowest BCUT2D eigenvalue weighted by atomic mass is 9.84. The first-order chi connectivity index (χ1) is 7.00. The molecule has 0 saturated heterocycles. The summed E-state index contributed by atoms with van der Waals surface area (Å²) >= 11 is 0. The van der Waals surface area contributed by atoms with Crippen LogP contribution < -0.4 is 0 Å². The van der Waals surface area contributed by atoms with Crippen LogP contribution in [0.4, 0.5) is 0 Å². The highest BCUT2D eigenvalue weighted by Crippen LogP contribution is 2.23. The van der Waals surface area contributed by atoms with Crippen LogP contribution in [0.1, 0.15) is 24.2 Å². The molecular weight excluding hydrogens is 192 g/mol. The lowest BCUT2D eigenvalue weighted by molar-refractivity contribution is -0.147. The monoisotopic (exact) mass is 206 g/mol. The Labute approximate surface area is 89.1 Å². The van der Waals surface area contributed by atoms with Crippen LogP contribution in [0.3, 0.4) is 0 Å². The van der Waals surface area contributed by atoms with Crippen molar-refractivity contribution in [2.45, 2.75) is 13.8 Å². The van der Waals surface area contributed by atoms with Crippen molar-refractivity contribution in [3.05, 3.63) is 35.9 Å². The molecule has 80 valence electrons. The fourth-order valence-electron chi connectivity index (χ4n) is 1.30. The molecule has 1 rings (SSSR count). The summed E-state index contributed by atoms with van der Waals surface area (Å²) in [6.45, 7) is 3.13. The zero-order valence-electron chi connectivity index (χ0n) is 9.11. The molecule has 0 radical (unpaired) electrons. The van der Waals surface area contributed by atoms with Crippen molar-refractivity contribution in [3.8, 4) is 0 Å². The van der Waals surface area contributed by atoms with E-state index < -0.39 is 11.4 Å². The maximum absolute atomic E-state index is 12.0. The SMILES string of the molecule is COC(=O)C(C)(C)C(=O)c1ccccc1. The smallest absolute Gasteiger partial charge is 0.319 e. The van der Waals surface area contributed by atoms with Gasteiger partial charge >= 0.3 is 5.97 Å². The number of hydrogen-bond donors (Lipinski definition) is 0. The van der Waals surface area contributed by atoms with E-state index in [9.17, 15) is 9.59 Å². The standard InChI is InChI=1S/C12H14O3/c1-12(2,11(14)15-3)10(13)9-7-5-4-6-8-9/h4-8H,1-3H3. The van der Waals surface area contributed by atoms with Crippen molar-refractivity contribution in [1.82, 2.24) is 0 Å². The lowest BCUT2D eigenvalue weighted by Crippen LogP contribution is -2.34. The van der Waals surface area contributed by atoms with Gasteiger partial charge in [0.05, 0.1) is 7.11 Å². The van der Waals surface area contributed by atoms with Gasteiger partial charge in [-0.15, -0.1) is 0 Å². The average Bonchev–Trinajstić information content (AvgIpc) is 2.28. The molecule has 0 amide bonds. The fraction of sp³-hybridized carbons (Fsp3) is 0.333. The van der Waals surface area contributed by atoms with Crippen molar-refractivity contribution >= 4 is 11.8 Å². The molecule has 0 aliphatic rings. The van der Waals surface area contributed by atoms with Crippen molar-refractivity contribution < 1.29 is 14.3 Å². The zero-order chi connectivity index (χ0) is 11.5. The number of carbonyl (C=O) groups excluding carboxylic acids is 2. The molecule has 0 heterocycles. The summed E-state index contributed by atoms with van der Waals surface area (Å²) in [6.07, 6.45) is 0. The average molecular weight is 206 g/mol. The van der Waals surface area contributed by atoms with E-state index in [2.05, 4.69) is 4.74 Å². The van der Waals surface area contributed by atoms with Gasteiger partial charge in [0.25, 0.3) is 0 Å². The number of benzene rings is 1. The molecule has 0 unspecified atom stereocenters. The molecule has 0 N–H and O–H groups in total. The molecule has 0 saturated carbocycles. The second-order valence-electron chi connectivity index (χ2n) is 3.81. The van der Waals surface area contributed by atoms with Crippen LogP contribution in [0.15, 0.2) is 30.3 Å². The quantitative estimate of drug-likeness (QED) is 0.432. The molecule has 1 aromatic rings. The minimum Gasteiger partial charge on any atom is -0.468 e. The third-order valence-electron chi connectivity index (χ3n) is 2.30. The van der Waals surface area contributed by atoms with E-state index in [1.165, 1.54) is 7.11 Å². The summed E-state index contributed by atoms with van der Waals surface area (Å²) in [5.74, 6) is -0.744. The Balaban J connectivity index is 3.00. The molecule has 15 heavy (non-hydrogen) atoms. The maximum Gasteiger partial charge on any atom is 0.319 e. The number of carbonyl (C=O) groups is 2. The highest BCUT2D eigenvalue weighted by Gasteiger charge is 2.37. The van der Waals surface area contributed by atoms with E-state index in [1.54, 1.807) is 38.1 Å². The summed E-state index contributed by atoms with van der Waals surface area (Å²) in [7, 11) is 1.28. The molecular formula is C12H14O3. The molecule has 1 aromatic carbocycles. The molecule has 0 aliphatic carbocycles. The first-order valence-corrected chi connectivity index (χ1v) is 4.68. The van der Waals surface area contributed by atoms with Crippen LogP contribution in [-0.4, -0.2) is 18.9 Å². The topological polar surface area (TPSA) is 43.4 Å². The van der Waals surface area contributed by atoms with Gasteiger partial charge in [-0.1, -0.05) is 30.3 Å². The van der Waals surface area contributed by atoms with Crippen LogP contribution in [0.2, 0.25) is 0 Å². The van der Waals surface area contributed by atoms with Gasteiger partial charge in [0.1, 0.15) is 5.41 Å². The molecule has 3 heteroatoms. The number of Topliss-reactive ketones (excluding diaryl/α,β-unsaturated/α-hetero) is 1. The molecule has 0 aliphatic heterocycles. The van der Waals surface area contributed by atoms with Gasteiger partial charge in [0, 0.05) is 5.56 Å². The number of hydrogen-bond acceptors (Lipinski definition) is 3. The Hall–Kier alpha value is -1.64. The number of methoxy groups -OCH3 is 1. The summed E-state index contributed by atoms with van der Waals surface area (Å²) in [4.78, 5) is 23.4. The van der Waals surface area contributed by atoms with E-state index in [-0.39, 0.29) is 5.78 Å². The van der Waals surface area contributed by atoms with Crippen LogP contribution in [0.5, 0.6) is 0 Å². The number of rotatable bonds is 3. The Morgan fingerprint density at radius 3 is 2.13 bits per heavy atom. The fourth-order valence-corrected chi connectivity index (χ4v) is 1.30. The van der Waals surface area contributed by atoms with E-state index in [0.29, 0.717) is 5.56 Å². The summed E-state index contributed by atoms with van der Waals surface area (Å²) in [6, 6.07) is 8.73.